The Morgan fingerprint density at radius 3 is 2.42 bits per heavy atom. The van der Waals surface area contributed by atoms with Gasteiger partial charge in [0.1, 0.15) is 5.75 Å². The van der Waals surface area contributed by atoms with Gasteiger partial charge in [0.25, 0.3) is 5.56 Å². The maximum atomic E-state index is 13.6. The molecule has 0 unspecified atom stereocenters. The van der Waals surface area contributed by atoms with E-state index in [0.717, 1.165) is 11.3 Å². The van der Waals surface area contributed by atoms with E-state index < -0.39 is 18.6 Å². The standard InChI is InChI=1S/C25H22F2N2O6S/c1-13-20(23(31)34-4)21(15-6-8-16(32-2)9-7-15)29-22(30)19(36-25(29)28-13)12-14-5-10-17(35-24(26)27)18(11-14)33-3/h5-12,21,24H,1-4H3/b19-12+/t21-/m1/s1. The van der Waals surface area contributed by atoms with Crippen LogP contribution in [0, 0.1) is 0 Å². The van der Waals surface area contributed by atoms with E-state index in [1.165, 1.54) is 37.0 Å². The number of alkyl halides is 2. The first-order chi connectivity index (χ1) is 17.3. The van der Waals surface area contributed by atoms with Gasteiger partial charge in [0.15, 0.2) is 16.3 Å². The van der Waals surface area contributed by atoms with Crippen LogP contribution in [0.4, 0.5) is 8.78 Å². The van der Waals surface area contributed by atoms with Gasteiger partial charge in [-0.05, 0) is 48.4 Å². The molecule has 0 N–H and O–H groups in total. The minimum atomic E-state index is -3.00. The third kappa shape index (κ3) is 4.74. The summed E-state index contributed by atoms with van der Waals surface area (Å²) in [5, 5.41) is 0. The minimum Gasteiger partial charge on any atom is -0.497 e. The summed E-state index contributed by atoms with van der Waals surface area (Å²) in [7, 11) is 4.15. The van der Waals surface area contributed by atoms with Gasteiger partial charge in [-0.3, -0.25) is 9.36 Å². The van der Waals surface area contributed by atoms with Crippen LogP contribution < -0.4 is 29.1 Å². The summed E-state index contributed by atoms with van der Waals surface area (Å²) in [6.07, 6.45) is 1.60. The van der Waals surface area contributed by atoms with Crippen molar-refractivity contribution in [1.29, 1.82) is 0 Å². The van der Waals surface area contributed by atoms with E-state index in [1.807, 2.05) is 0 Å². The van der Waals surface area contributed by atoms with Crippen molar-refractivity contribution in [1.82, 2.24) is 4.57 Å². The molecule has 188 valence electrons. The molecular weight excluding hydrogens is 494 g/mol. The van der Waals surface area contributed by atoms with Crippen LogP contribution in [-0.4, -0.2) is 38.5 Å². The van der Waals surface area contributed by atoms with E-state index >= 15 is 0 Å². The molecule has 0 saturated heterocycles. The van der Waals surface area contributed by atoms with E-state index in [-0.39, 0.29) is 22.6 Å². The van der Waals surface area contributed by atoms with Crippen LogP contribution in [-0.2, 0) is 9.53 Å². The van der Waals surface area contributed by atoms with Gasteiger partial charge in [0.05, 0.1) is 43.2 Å². The number of methoxy groups -OCH3 is 3. The Balaban J connectivity index is 1.88. The highest BCUT2D eigenvalue weighted by molar-refractivity contribution is 7.07. The monoisotopic (exact) mass is 516 g/mol. The van der Waals surface area contributed by atoms with Crippen molar-refractivity contribution in [3.05, 3.63) is 84.5 Å². The van der Waals surface area contributed by atoms with E-state index in [0.29, 0.717) is 31.9 Å². The van der Waals surface area contributed by atoms with Gasteiger partial charge in [0, 0.05) is 0 Å². The third-order valence-corrected chi connectivity index (χ3v) is 6.54. The van der Waals surface area contributed by atoms with Gasteiger partial charge < -0.3 is 18.9 Å². The molecule has 0 radical (unpaired) electrons. The largest absolute Gasteiger partial charge is 0.497 e. The SMILES string of the molecule is COC(=O)C1=C(C)N=c2s/c(=C/c3ccc(OC(F)F)c(OC)c3)c(=O)n2[C@@H]1c1ccc(OC)cc1. The first-order valence-corrected chi connectivity index (χ1v) is 11.5. The first-order valence-electron chi connectivity index (χ1n) is 10.6. The zero-order chi connectivity index (χ0) is 26.0. The molecule has 0 bridgehead atoms. The Kier molecular flexibility index (Phi) is 7.20. The number of nitrogens with zero attached hydrogens (tertiary/aromatic N) is 2. The molecular formula is C25H22F2N2O6S. The van der Waals surface area contributed by atoms with E-state index in [9.17, 15) is 18.4 Å². The molecule has 1 aromatic heterocycles. The van der Waals surface area contributed by atoms with Gasteiger partial charge in [-0.2, -0.15) is 8.78 Å². The summed E-state index contributed by atoms with van der Waals surface area (Å²) < 4.78 is 46.9. The van der Waals surface area contributed by atoms with Crippen molar-refractivity contribution < 1.29 is 32.5 Å². The quantitative estimate of drug-likeness (QED) is 0.449. The molecule has 1 atom stereocenters. The van der Waals surface area contributed by atoms with Gasteiger partial charge in [-0.15, -0.1) is 0 Å². The Bertz CT molecular complexity index is 1510. The number of fused-ring (bicyclic) bond motifs is 1. The summed E-state index contributed by atoms with van der Waals surface area (Å²) in [5.41, 5.74) is 1.51. The molecule has 1 aliphatic rings. The number of hydrogen-bond donors (Lipinski definition) is 0. The third-order valence-electron chi connectivity index (χ3n) is 5.56. The second-order valence-electron chi connectivity index (χ2n) is 7.64. The van der Waals surface area contributed by atoms with E-state index in [4.69, 9.17) is 14.2 Å². The van der Waals surface area contributed by atoms with E-state index in [1.54, 1.807) is 44.4 Å². The van der Waals surface area contributed by atoms with Crippen LogP contribution in [0.5, 0.6) is 17.2 Å². The van der Waals surface area contributed by atoms with Crippen LogP contribution in [0.1, 0.15) is 24.1 Å². The number of rotatable bonds is 7. The van der Waals surface area contributed by atoms with Crippen LogP contribution in [0.2, 0.25) is 0 Å². The Morgan fingerprint density at radius 2 is 1.81 bits per heavy atom. The predicted octanol–water partition coefficient (Wildman–Crippen LogP) is 3.03. The van der Waals surface area contributed by atoms with Crippen LogP contribution >= 0.6 is 11.3 Å². The summed E-state index contributed by atoms with van der Waals surface area (Å²) in [4.78, 5) is 31.2. The number of allylic oxidation sites excluding steroid dienone is 1. The second kappa shape index (κ2) is 10.3. The normalized spacial score (nSPS) is 15.4. The first kappa shape index (κ1) is 25.1. The van der Waals surface area contributed by atoms with Crippen LogP contribution in [0.15, 0.2) is 63.5 Å². The summed E-state index contributed by atoms with van der Waals surface area (Å²) >= 11 is 1.14. The number of benzene rings is 2. The van der Waals surface area contributed by atoms with Crippen molar-refractivity contribution in [3.63, 3.8) is 0 Å². The molecule has 2 heterocycles. The molecule has 0 aliphatic carbocycles. The summed E-state index contributed by atoms with van der Waals surface area (Å²) in [6.45, 7) is -1.31. The number of hydrogen-bond acceptors (Lipinski definition) is 8. The average Bonchev–Trinajstić information content (AvgIpc) is 3.17. The molecule has 4 rings (SSSR count). The molecule has 1 aliphatic heterocycles. The van der Waals surface area contributed by atoms with Crippen molar-refractivity contribution >= 4 is 23.4 Å². The number of ether oxygens (including phenoxy) is 4. The van der Waals surface area contributed by atoms with Gasteiger partial charge in [-0.25, -0.2) is 9.79 Å². The molecule has 0 fully saturated rings. The predicted molar refractivity (Wildman–Crippen MR) is 128 cm³/mol. The fourth-order valence-corrected chi connectivity index (χ4v) is 4.96. The zero-order valence-electron chi connectivity index (χ0n) is 19.8. The average molecular weight is 517 g/mol. The van der Waals surface area contributed by atoms with Crippen molar-refractivity contribution in [3.8, 4) is 17.2 Å². The molecule has 0 saturated carbocycles. The molecule has 8 nitrogen and oxygen atoms in total. The van der Waals surface area contributed by atoms with Crippen molar-refractivity contribution in [2.75, 3.05) is 21.3 Å². The minimum absolute atomic E-state index is 0.0942. The number of halogens is 2. The molecule has 3 aromatic rings. The maximum Gasteiger partial charge on any atom is 0.387 e. The highest BCUT2D eigenvalue weighted by Gasteiger charge is 2.33. The van der Waals surface area contributed by atoms with Gasteiger partial charge in [-0.1, -0.05) is 29.5 Å². The Labute approximate surface area is 208 Å². The zero-order valence-corrected chi connectivity index (χ0v) is 20.6. The number of carbonyl (C=O) groups excluding carboxylic acids is 1. The lowest BCUT2D eigenvalue weighted by Gasteiger charge is -2.24. The van der Waals surface area contributed by atoms with Crippen LogP contribution in [0.25, 0.3) is 6.08 Å². The molecule has 36 heavy (non-hydrogen) atoms. The van der Waals surface area contributed by atoms with E-state index in [2.05, 4.69) is 9.73 Å². The highest BCUT2D eigenvalue weighted by Crippen LogP contribution is 2.32. The lowest BCUT2D eigenvalue weighted by Crippen LogP contribution is -2.39. The fourth-order valence-electron chi connectivity index (χ4n) is 3.91. The summed E-state index contributed by atoms with van der Waals surface area (Å²) in [5.74, 6) is 0.00566. The van der Waals surface area contributed by atoms with Gasteiger partial charge in [0.2, 0.25) is 0 Å². The van der Waals surface area contributed by atoms with Crippen LogP contribution in [0.3, 0.4) is 0 Å². The smallest absolute Gasteiger partial charge is 0.387 e. The molecule has 11 heteroatoms. The Morgan fingerprint density at radius 1 is 1.08 bits per heavy atom. The number of thiazole rings is 1. The highest BCUT2D eigenvalue weighted by atomic mass is 32.1. The maximum absolute atomic E-state index is 13.6. The Hall–Kier alpha value is -3.99. The number of esters is 1. The molecule has 0 spiro atoms. The molecule has 2 aromatic carbocycles. The lowest BCUT2D eigenvalue weighted by molar-refractivity contribution is -0.136. The lowest BCUT2D eigenvalue weighted by atomic mass is 9.96. The fraction of sp³-hybridized carbons (Fsp3) is 0.240. The molecule has 0 amide bonds. The van der Waals surface area contributed by atoms with Gasteiger partial charge >= 0.3 is 12.6 Å². The van der Waals surface area contributed by atoms with Crippen molar-refractivity contribution in [2.24, 2.45) is 4.99 Å². The summed E-state index contributed by atoms with van der Waals surface area (Å²) in [6, 6.07) is 10.6. The second-order valence-corrected chi connectivity index (χ2v) is 8.64. The topological polar surface area (TPSA) is 88.4 Å². The number of carbonyl (C=O) groups is 1. The number of aromatic nitrogens is 1. The van der Waals surface area contributed by atoms with Crippen molar-refractivity contribution in [2.45, 2.75) is 19.6 Å².